The van der Waals surface area contributed by atoms with E-state index in [9.17, 15) is 5.11 Å². The minimum absolute atomic E-state index is 0.709. The third-order valence-electron chi connectivity index (χ3n) is 1.47. The van der Waals surface area contributed by atoms with Crippen LogP contribution in [0.2, 0.25) is 0 Å². The molecule has 0 radical (unpaired) electrons. The van der Waals surface area contributed by atoms with Gasteiger partial charge in [-0.1, -0.05) is 42.3 Å². The average molecular weight is 237 g/mol. The molecule has 1 aromatic rings. The van der Waals surface area contributed by atoms with Gasteiger partial charge in [0.2, 0.25) is 0 Å². The lowest BCUT2D eigenvalue weighted by molar-refractivity contribution is 0.281. The van der Waals surface area contributed by atoms with Crippen molar-refractivity contribution < 1.29 is 5.11 Å². The van der Waals surface area contributed by atoms with Gasteiger partial charge in [0.25, 0.3) is 0 Å². The molecule has 1 atom stereocenters. The largest absolute Gasteiger partial charge is 0.377 e. The van der Waals surface area contributed by atoms with Crippen LogP contribution in [-0.4, -0.2) is 11.2 Å². The molecule has 0 amide bonds. The van der Waals surface area contributed by atoms with Gasteiger partial charge in [0, 0.05) is 15.9 Å². The molecule has 2 heteroatoms. The second kappa shape index (κ2) is 5.58. The third-order valence-corrected chi connectivity index (χ3v) is 1.70. The second-order valence-corrected chi connectivity index (χ2v) is 2.85. The van der Waals surface area contributed by atoms with Gasteiger partial charge in [-0.2, -0.15) is 0 Å². The van der Waals surface area contributed by atoms with Gasteiger partial charge in [-0.05, 0) is 16.5 Å². The summed E-state index contributed by atoms with van der Waals surface area (Å²) >= 11 is 2.92. The zero-order valence-electron chi connectivity index (χ0n) is 6.94. The maximum absolute atomic E-state index is 9.22. The highest BCUT2D eigenvalue weighted by Gasteiger charge is 1.89. The van der Waals surface area contributed by atoms with E-state index >= 15 is 0 Å². The summed E-state index contributed by atoms with van der Waals surface area (Å²) < 4.78 is 0. The Morgan fingerprint density at radius 2 is 2.00 bits per heavy atom. The van der Waals surface area contributed by atoms with Crippen molar-refractivity contribution in [2.45, 2.75) is 6.10 Å². The zero-order valence-corrected chi connectivity index (χ0v) is 8.53. The topological polar surface area (TPSA) is 20.2 Å². The molecule has 1 nitrogen and oxygen atoms in total. The fourth-order valence-electron chi connectivity index (χ4n) is 0.870. The predicted molar refractivity (Wildman–Crippen MR) is 58.2 cm³/mol. The molecule has 1 rings (SSSR count). The Hall–Kier alpha value is -1.04. The lowest BCUT2D eigenvalue weighted by atomic mass is 10.2. The Kier molecular flexibility index (Phi) is 4.31. The average Bonchev–Trinajstić information content (AvgIpc) is 2.17. The molecule has 0 bridgehead atoms. The molecule has 0 heterocycles. The summed E-state index contributed by atoms with van der Waals surface area (Å²) in [4.78, 5) is 2.46. The second-order valence-electron chi connectivity index (χ2n) is 2.45. The molecule has 66 valence electrons. The van der Waals surface area contributed by atoms with Crippen LogP contribution in [0, 0.1) is 10.8 Å². The quantitative estimate of drug-likeness (QED) is 0.783. The number of hydrogen-bond donors (Lipinski definition) is 1. The van der Waals surface area contributed by atoms with Gasteiger partial charge in [0.05, 0.1) is 0 Å². The van der Waals surface area contributed by atoms with Gasteiger partial charge in [-0.15, -0.1) is 0 Å². The van der Waals surface area contributed by atoms with Crippen LogP contribution in [0.25, 0.3) is 6.08 Å². The summed E-state index contributed by atoms with van der Waals surface area (Å²) in [6, 6.07) is 9.77. The van der Waals surface area contributed by atoms with Crippen LogP contribution < -0.4 is 0 Å². The van der Waals surface area contributed by atoms with Crippen LogP contribution in [0.15, 0.2) is 36.4 Å². The van der Waals surface area contributed by atoms with Crippen molar-refractivity contribution in [3.63, 3.8) is 0 Å². The Labute approximate surface area is 86.2 Å². The van der Waals surface area contributed by atoms with E-state index in [0.717, 1.165) is 5.56 Å². The van der Waals surface area contributed by atoms with Crippen molar-refractivity contribution >= 4 is 22.0 Å². The van der Waals surface area contributed by atoms with Crippen molar-refractivity contribution in [2.75, 3.05) is 0 Å². The van der Waals surface area contributed by atoms with Gasteiger partial charge in [-0.3, -0.25) is 0 Å². The van der Waals surface area contributed by atoms with Crippen molar-refractivity contribution in [3.05, 3.63) is 42.0 Å². The molecule has 1 unspecified atom stereocenters. The molecule has 0 aromatic heterocycles. The Balaban J connectivity index is 2.62. The van der Waals surface area contributed by atoms with Crippen molar-refractivity contribution in [3.8, 4) is 10.8 Å². The summed E-state index contributed by atoms with van der Waals surface area (Å²) in [7, 11) is 0. The first-order chi connectivity index (χ1) is 6.33. The first-order valence-corrected chi connectivity index (χ1v) is 4.64. The monoisotopic (exact) mass is 236 g/mol. The Morgan fingerprint density at radius 1 is 1.31 bits per heavy atom. The van der Waals surface area contributed by atoms with E-state index in [1.54, 1.807) is 6.08 Å². The minimum atomic E-state index is -0.709. The summed E-state index contributed by atoms with van der Waals surface area (Å²) in [5.74, 6) is 2.55. The minimum Gasteiger partial charge on any atom is -0.377 e. The number of rotatable bonds is 2. The Morgan fingerprint density at radius 3 is 2.62 bits per heavy atom. The lowest BCUT2D eigenvalue weighted by Gasteiger charge is -1.93. The van der Waals surface area contributed by atoms with E-state index in [1.165, 1.54) is 0 Å². The van der Waals surface area contributed by atoms with Crippen LogP contribution in [0.5, 0.6) is 0 Å². The van der Waals surface area contributed by atoms with Gasteiger partial charge < -0.3 is 5.11 Å². The molecule has 0 aliphatic carbocycles. The van der Waals surface area contributed by atoms with Gasteiger partial charge in [-0.25, -0.2) is 0 Å². The molecule has 1 N–H and O–H groups in total. The fraction of sp³-hybridized carbons (Fsp3) is 0.0909. The Bertz CT molecular complexity index is 332. The molecule has 0 saturated carbocycles. The van der Waals surface area contributed by atoms with E-state index in [-0.39, 0.29) is 0 Å². The van der Waals surface area contributed by atoms with Gasteiger partial charge in [0.1, 0.15) is 6.10 Å². The van der Waals surface area contributed by atoms with E-state index in [4.69, 9.17) is 0 Å². The standard InChI is InChI=1S/C11H9BrO/c12-9-8-11(13)7-6-10-4-2-1-3-5-10/h1-7,11,13H/b7-6+. The third kappa shape index (κ3) is 3.93. The number of benzene rings is 1. The normalized spacial score (nSPS) is 12.2. The first kappa shape index (κ1) is 10.0. The van der Waals surface area contributed by atoms with E-state index < -0.39 is 6.10 Å². The van der Waals surface area contributed by atoms with Crippen LogP contribution >= 0.6 is 15.9 Å². The van der Waals surface area contributed by atoms with Crippen LogP contribution in [0.3, 0.4) is 0 Å². The lowest BCUT2D eigenvalue weighted by Crippen LogP contribution is -1.95. The number of halogens is 1. The molecule has 0 aliphatic rings. The zero-order chi connectivity index (χ0) is 9.52. The van der Waals surface area contributed by atoms with Crippen LogP contribution in [-0.2, 0) is 0 Å². The predicted octanol–water partition coefficient (Wildman–Crippen LogP) is 2.42. The molecule has 0 saturated heterocycles. The SMILES string of the molecule is OC(C#CBr)/C=C/c1ccccc1. The maximum atomic E-state index is 9.22. The smallest absolute Gasteiger partial charge is 0.134 e. The molecule has 0 aliphatic heterocycles. The highest BCUT2D eigenvalue weighted by molar-refractivity contribution is 9.12. The van der Waals surface area contributed by atoms with E-state index in [2.05, 4.69) is 26.7 Å². The molecule has 13 heavy (non-hydrogen) atoms. The van der Waals surface area contributed by atoms with Crippen molar-refractivity contribution in [1.29, 1.82) is 0 Å². The highest BCUT2D eigenvalue weighted by atomic mass is 79.9. The first-order valence-electron chi connectivity index (χ1n) is 3.85. The highest BCUT2D eigenvalue weighted by Crippen LogP contribution is 2.01. The van der Waals surface area contributed by atoms with E-state index in [1.807, 2.05) is 36.4 Å². The molecule has 0 spiro atoms. The number of aliphatic hydroxyl groups excluding tert-OH is 1. The molecular formula is C11H9BrO. The summed E-state index contributed by atoms with van der Waals surface area (Å²) in [5.41, 5.74) is 1.05. The summed E-state index contributed by atoms with van der Waals surface area (Å²) in [5, 5.41) is 9.22. The van der Waals surface area contributed by atoms with Crippen molar-refractivity contribution in [2.24, 2.45) is 0 Å². The number of aliphatic hydroxyl groups is 1. The van der Waals surface area contributed by atoms with Gasteiger partial charge >= 0.3 is 0 Å². The number of hydrogen-bond acceptors (Lipinski definition) is 1. The van der Waals surface area contributed by atoms with E-state index in [0.29, 0.717) is 0 Å². The van der Waals surface area contributed by atoms with Gasteiger partial charge in [0.15, 0.2) is 0 Å². The molecule has 1 aromatic carbocycles. The van der Waals surface area contributed by atoms with Crippen LogP contribution in [0.4, 0.5) is 0 Å². The summed E-state index contributed by atoms with van der Waals surface area (Å²) in [6.07, 6.45) is 2.77. The summed E-state index contributed by atoms with van der Waals surface area (Å²) in [6.45, 7) is 0. The maximum Gasteiger partial charge on any atom is 0.134 e. The fourth-order valence-corrected chi connectivity index (χ4v) is 1.10. The van der Waals surface area contributed by atoms with Crippen molar-refractivity contribution in [1.82, 2.24) is 0 Å². The molecular weight excluding hydrogens is 228 g/mol. The van der Waals surface area contributed by atoms with Crippen LogP contribution in [0.1, 0.15) is 5.56 Å². The molecule has 0 fully saturated rings.